The second kappa shape index (κ2) is 6.82. The second-order valence-corrected chi connectivity index (χ2v) is 6.21. The molecular formula is C13H19N5O4S. The molecule has 0 aromatic carbocycles. The van der Waals surface area contributed by atoms with Gasteiger partial charge in [0, 0.05) is 13.2 Å². The van der Waals surface area contributed by atoms with E-state index >= 15 is 0 Å². The molecule has 126 valence electrons. The van der Waals surface area contributed by atoms with Gasteiger partial charge in [0.2, 0.25) is 5.88 Å². The first-order valence-electron chi connectivity index (χ1n) is 7.02. The van der Waals surface area contributed by atoms with E-state index in [1.807, 2.05) is 0 Å². The molecule has 0 unspecified atom stereocenters. The highest BCUT2D eigenvalue weighted by atomic mass is 32.2. The van der Waals surface area contributed by atoms with Gasteiger partial charge in [0.1, 0.15) is 11.5 Å². The summed E-state index contributed by atoms with van der Waals surface area (Å²) in [7, 11) is -2.15. The minimum Gasteiger partial charge on any atom is -0.476 e. The number of hydrogen-bond donors (Lipinski definition) is 1. The Bertz CT molecular complexity index is 768. The Labute approximate surface area is 134 Å². The maximum atomic E-state index is 12.4. The molecule has 0 saturated carbocycles. The maximum absolute atomic E-state index is 12.4. The summed E-state index contributed by atoms with van der Waals surface area (Å²) >= 11 is 0. The van der Waals surface area contributed by atoms with Crippen molar-refractivity contribution >= 4 is 15.7 Å². The normalized spacial score (nSPS) is 11.3. The van der Waals surface area contributed by atoms with Gasteiger partial charge < -0.3 is 14.0 Å². The number of anilines is 1. The monoisotopic (exact) mass is 341 g/mol. The highest BCUT2D eigenvalue weighted by Gasteiger charge is 2.21. The summed E-state index contributed by atoms with van der Waals surface area (Å²) in [6.07, 6.45) is 2.73. The van der Waals surface area contributed by atoms with Crippen LogP contribution in [-0.2, 0) is 17.1 Å². The van der Waals surface area contributed by atoms with Crippen molar-refractivity contribution in [1.29, 1.82) is 0 Å². The van der Waals surface area contributed by atoms with Crippen LogP contribution in [0.5, 0.6) is 11.9 Å². The van der Waals surface area contributed by atoms with Crippen LogP contribution in [0.3, 0.4) is 0 Å². The zero-order valence-corrected chi connectivity index (χ0v) is 14.2. The molecule has 0 saturated heterocycles. The minimum absolute atomic E-state index is 0.0890. The van der Waals surface area contributed by atoms with Crippen LogP contribution in [0.2, 0.25) is 0 Å². The lowest BCUT2D eigenvalue weighted by molar-refractivity contribution is 0.290. The van der Waals surface area contributed by atoms with Crippen molar-refractivity contribution in [3.8, 4) is 11.9 Å². The predicted octanol–water partition coefficient (Wildman–Crippen LogP) is 1.12. The summed E-state index contributed by atoms with van der Waals surface area (Å²) in [5.74, 6) is 0.681. The lowest BCUT2D eigenvalue weighted by Crippen LogP contribution is -2.15. The zero-order chi connectivity index (χ0) is 17.0. The number of imidazole rings is 1. The van der Waals surface area contributed by atoms with E-state index in [9.17, 15) is 8.42 Å². The molecule has 1 N–H and O–H groups in total. The van der Waals surface area contributed by atoms with Crippen LogP contribution in [0.1, 0.15) is 19.7 Å². The van der Waals surface area contributed by atoms with Gasteiger partial charge in [-0.15, -0.1) is 0 Å². The summed E-state index contributed by atoms with van der Waals surface area (Å²) in [5, 5.41) is -0.0890. The molecular weight excluding hydrogens is 322 g/mol. The van der Waals surface area contributed by atoms with Crippen molar-refractivity contribution in [1.82, 2.24) is 19.5 Å². The SMILES string of the molecule is CCOc1ncc(NS(=O)(=O)c2cn(C)c(C)n2)c(OCC)n1. The molecule has 0 bridgehead atoms. The molecule has 2 heterocycles. The third kappa shape index (κ3) is 3.89. The number of rotatable bonds is 7. The van der Waals surface area contributed by atoms with E-state index in [0.29, 0.717) is 19.0 Å². The van der Waals surface area contributed by atoms with Crippen molar-refractivity contribution in [2.75, 3.05) is 17.9 Å². The molecule has 0 fully saturated rings. The highest BCUT2D eigenvalue weighted by Crippen LogP contribution is 2.25. The van der Waals surface area contributed by atoms with Crippen LogP contribution in [0, 0.1) is 6.92 Å². The van der Waals surface area contributed by atoms with Gasteiger partial charge in [-0.25, -0.2) is 9.97 Å². The molecule has 0 amide bonds. The Hall–Kier alpha value is -2.36. The van der Waals surface area contributed by atoms with Crippen LogP contribution in [0.4, 0.5) is 5.69 Å². The summed E-state index contributed by atoms with van der Waals surface area (Å²) in [4.78, 5) is 12.0. The van der Waals surface area contributed by atoms with E-state index in [4.69, 9.17) is 9.47 Å². The van der Waals surface area contributed by atoms with E-state index in [2.05, 4.69) is 19.7 Å². The van der Waals surface area contributed by atoms with Crippen LogP contribution < -0.4 is 14.2 Å². The Morgan fingerprint density at radius 1 is 1.22 bits per heavy atom. The standard InChI is InChI=1S/C13H19N5O4S/c1-5-21-12-10(7-14-13(16-12)22-6-2)17-23(19,20)11-8-18(4)9(3)15-11/h7-8,17H,5-6H2,1-4H3. The average molecular weight is 341 g/mol. The molecule has 23 heavy (non-hydrogen) atoms. The Morgan fingerprint density at radius 2 is 1.91 bits per heavy atom. The number of hydrogen-bond acceptors (Lipinski definition) is 7. The second-order valence-electron chi connectivity index (χ2n) is 4.58. The van der Waals surface area contributed by atoms with E-state index < -0.39 is 10.0 Å². The van der Waals surface area contributed by atoms with E-state index in [1.54, 1.807) is 32.4 Å². The molecule has 2 aromatic rings. The third-order valence-electron chi connectivity index (χ3n) is 2.89. The molecule has 0 aliphatic carbocycles. The van der Waals surface area contributed by atoms with Gasteiger partial charge in [0.25, 0.3) is 10.0 Å². The third-order valence-corrected chi connectivity index (χ3v) is 4.13. The number of aromatic nitrogens is 4. The van der Waals surface area contributed by atoms with E-state index in [1.165, 1.54) is 12.4 Å². The van der Waals surface area contributed by atoms with Crippen molar-refractivity contribution < 1.29 is 17.9 Å². The largest absolute Gasteiger partial charge is 0.476 e. The van der Waals surface area contributed by atoms with Crippen molar-refractivity contribution in [3.63, 3.8) is 0 Å². The number of nitrogens with one attached hydrogen (secondary N) is 1. The van der Waals surface area contributed by atoms with Crippen molar-refractivity contribution in [3.05, 3.63) is 18.2 Å². The summed E-state index contributed by atoms with van der Waals surface area (Å²) < 4.78 is 39.4. The topological polar surface area (TPSA) is 108 Å². The smallest absolute Gasteiger partial charge is 0.319 e. The van der Waals surface area contributed by atoms with Gasteiger partial charge in [-0.05, 0) is 20.8 Å². The molecule has 0 radical (unpaired) electrons. The lowest BCUT2D eigenvalue weighted by Gasteiger charge is -2.11. The van der Waals surface area contributed by atoms with Gasteiger partial charge in [0.05, 0.1) is 19.4 Å². The van der Waals surface area contributed by atoms with Crippen molar-refractivity contribution in [2.45, 2.75) is 25.8 Å². The molecule has 2 aromatic heterocycles. The van der Waals surface area contributed by atoms with Crippen LogP contribution in [0.25, 0.3) is 0 Å². The fourth-order valence-electron chi connectivity index (χ4n) is 1.72. The van der Waals surface area contributed by atoms with Gasteiger partial charge in [-0.1, -0.05) is 0 Å². The summed E-state index contributed by atoms with van der Waals surface area (Å²) in [6, 6.07) is 0.118. The minimum atomic E-state index is -3.86. The first kappa shape index (κ1) is 17.0. The first-order valence-corrected chi connectivity index (χ1v) is 8.51. The maximum Gasteiger partial charge on any atom is 0.319 e. The number of nitrogens with zero attached hydrogens (tertiary/aromatic N) is 4. The number of sulfonamides is 1. The fourth-order valence-corrected chi connectivity index (χ4v) is 2.80. The van der Waals surface area contributed by atoms with E-state index in [0.717, 1.165) is 0 Å². The molecule has 10 heteroatoms. The Balaban J connectivity index is 2.34. The molecule has 0 atom stereocenters. The Kier molecular flexibility index (Phi) is 5.04. The molecule has 9 nitrogen and oxygen atoms in total. The fraction of sp³-hybridized carbons (Fsp3) is 0.462. The summed E-state index contributed by atoms with van der Waals surface area (Å²) in [6.45, 7) is 5.99. The van der Waals surface area contributed by atoms with E-state index in [-0.39, 0.29) is 22.6 Å². The van der Waals surface area contributed by atoms with Gasteiger partial charge in [-0.2, -0.15) is 13.4 Å². The van der Waals surface area contributed by atoms with Crippen molar-refractivity contribution in [2.24, 2.45) is 7.05 Å². The predicted molar refractivity (Wildman–Crippen MR) is 83.1 cm³/mol. The number of aryl methyl sites for hydroxylation is 2. The first-order chi connectivity index (χ1) is 10.9. The van der Waals surface area contributed by atoms with Gasteiger partial charge in [0.15, 0.2) is 5.03 Å². The molecule has 0 aliphatic rings. The lowest BCUT2D eigenvalue weighted by atomic mass is 10.5. The van der Waals surface area contributed by atoms with Gasteiger partial charge >= 0.3 is 6.01 Å². The molecule has 0 spiro atoms. The molecule has 2 rings (SSSR count). The van der Waals surface area contributed by atoms with Crippen LogP contribution in [0.15, 0.2) is 17.4 Å². The van der Waals surface area contributed by atoms with Gasteiger partial charge in [-0.3, -0.25) is 4.72 Å². The highest BCUT2D eigenvalue weighted by molar-refractivity contribution is 7.92. The summed E-state index contributed by atoms with van der Waals surface area (Å²) in [5.41, 5.74) is 0.124. The van der Waals surface area contributed by atoms with Crippen LogP contribution >= 0.6 is 0 Å². The quantitative estimate of drug-likeness (QED) is 0.803. The van der Waals surface area contributed by atoms with Crippen LogP contribution in [-0.4, -0.2) is 41.2 Å². The Morgan fingerprint density at radius 3 is 2.48 bits per heavy atom. The molecule has 0 aliphatic heterocycles. The zero-order valence-electron chi connectivity index (χ0n) is 13.4. The average Bonchev–Trinajstić information content (AvgIpc) is 2.83. The number of ether oxygens (including phenoxy) is 2.